The molecule has 0 aromatic rings. The molecule has 2 atom stereocenters. The molecule has 1 rings (SSSR count). The Balaban J connectivity index is 2.20. The van der Waals surface area contributed by atoms with Crippen molar-refractivity contribution in [3.63, 3.8) is 0 Å². The molecule has 2 unspecified atom stereocenters. The lowest BCUT2D eigenvalue weighted by Crippen LogP contribution is -2.49. The number of nitrogens with one attached hydrogen (secondary N) is 2. The van der Waals surface area contributed by atoms with Crippen LogP contribution in [0.5, 0.6) is 0 Å². The fourth-order valence-electron chi connectivity index (χ4n) is 2.11. The maximum absolute atomic E-state index is 11.7. The Labute approximate surface area is 119 Å². The Kier molecular flexibility index (Phi) is 6.74. The Morgan fingerprint density at radius 3 is 2.80 bits per heavy atom. The number of aliphatic carboxylic acids is 1. The Morgan fingerprint density at radius 1 is 1.50 bits per heavy atom. The number of urea groups is 1. The van der Waals surface area contributed by atoms with Crippen LogP contribution in [0, 0.1) is 0 Å². The Bertz CT molecular complexity index is 329. The molecule has 0 aromatic heterocycles. The van der Waals surface area contributed by atoms with Crippen LogP contribution >= 0.6 is 0 Å². The van der Waals surface area contributed by atoms with Crippen molar-refractivity contribution in [2.75, 3.05) is 26.9 Å². The van der Waals surface area contributed by atoms with Gasteiger partial charge in [-0.25, -0.2) is 4.79 Å². The quantitative estimate of drug-likeness (QED) is 0.612. The van der Waals surface area contributed by atoms with Gasteiger partial charge in [0, 0.05) is 32.6 Å². The lowest BCUT2D eigenvalue weighted by atomic mass is 10.0. The third-order valence-corrected chi connectivity index (χ3v) is 3.48. The van der Waals surface area contributed by atoms with Crippen LogP contribution < -0.4 is 10.6 Å². The van der Waals surface area contributed by atoms with Crippen LogP contribution in [0.15, 0.2) is 0 Å². The van der Waals surface area contributed by atoms with Crippen LogP contribution in [0.2, 0.25) is 0 Å². The molecule has 1 heterocycles. The van der Waals surface area contributed by atoms with Crippen molar-refractivity contribution in [2.24, 2.45) is 0 Å². The molecule has 116 valence electrons. The van der Waals surface area contributed by atoms with Crippen LogP contribution in [0.3, 0.4) is 0 Å². The summed E-state index contributed by atoms with van der Waals surface area (Å²) < 4.78 is 10.7. The van der Waals surface area contributed by atoms with Crippen molar-refractivity contribution >= 4 is 12.0 Å². The molecular formula is C13H24N2O5. The van der Waals surface area contributed by atoms with Crippen molar-refractivity contribution in [1.29, 1.82) is 0 Å². The van der Waals surface area contributed by atoms with E-state index in [0.717, 1.165) is 6.42 Å². The van der Waals surface area contributed by atoms with Gasteiger partial charge in [0.1, 0.15) is 5.60 Å². The van der Waals surface area contributed by atoms with E-state index in [0.29, 0.717) is 32.6 Å². The molecule has 0 bridgehead atoms. The van der Waals surface area contributed by atoms with E-state index in [1.54, 1.807) is 7.11 Å². The molecule has 7 heteroatoms. The monoisotopic (exact) mass is 288 g/mol. The summed E-state index contributed by atoms with van der Waals surface area (Å²) in [5, 5.41) is 14.1. The van der Waals surface area contributed by atoms with Crippen LogP contribution in [0.1, 0.15) is 32.6 Å². The Hall–Kier alpha value is -1.34. The van der Waals surface area contributed by atoms with Gasteiger partial charge in [-0.05, 0) is 19.8 Å². The highest BCUT2D eigenvalue weighted by atomic mass is 16.5. The summed E-state index contributed by atoms with van der Waals surface area (Å²) in [7, 11) is 1.61. The Morgan fingerprint density at radius 2 is 2.25 bits per heavy atom. The van der Waals surface area contributed by atoms with Gasteiger partial charge in [-0.2, -0.15) is 0 Å². The second-order valence-electron chi connectivity index (χ2n) is 5.20. The molecule has 0 radical (unpaired) electrons. The van der Waals surface area contributed by atoms with Crippen molar-refractivity contribution < 1.29 is 24.2 Å². The number of hydrogen-bond donors (Lipinski definition) is 3. The number of carbonyl (C=O) groups is 2. The second-order valence-corrected chi connectivity index (χ2v) is 5.20. The molecule has 3 N–H and O–H groups in total. The highest BCUT2D eigenvalue weighted by Crippen LogP contribution is 2.21. The molecule has 2 amide bonds. The van der Waals surface area contributed by atoms with E-state index < -0.39 is 11.6 Å². The number of carboxylic acids is 1. The maximum Gasteiger partial charge on any atom is 0.315 e. The van der Waals surface area contributed by atoms with Gasteiger partial charge >= 0.3 is 12.0 Å². The van der Waals surface area contributed by atoms with Gasteiger partial charge in [-0.3, -0.25) is 4.79 Å². The zero-order valence-corrected chi connectivity index (χ0v) is 12.1. The molecule has 1 fully saturated rings. The predicted molar refractivity (Wildman–Crippen MR) is 72.7 cm³/mol. The lowest BCUT2D eigenvalue weighted by molar-refractivity contribution is -0.137. The van der Waals surface area contributed by atoms with E-state index >= 15 is 0 Å². The van der Waals surface area contributed by atoms with Gasteiger partial charge in [-0.15, -0.1) is 0 Å². The number of rotatable bonds is 8. The first-order valence-electron chi connectivity index (χ1n) is 6.86. The number of methoxy groups -OCH3 is 1. The van der Waals surface area contributed by atoms with Gasteiger partial charge in [0.25, 0.3) is 0 Å². The summed E-state index contributed by atoms with van der Waals surface area (Å²) in [5.74, 6) is -0.815. The third kappa shape index (κ3) is 5.75. The van der Waals surface area contributed by atoms with E-state index in [1.807, 2.05) is 6.92 Å². The van der Waals surface area contributed by atoms with Crippen molar-refractivity contribution in [3.8, 4) is 0 Å². The fourth-order valence-corrected chi connectivity index (χ4v) is 2.11. The molecular weight excluding hydrogens is 264 g/mol. The van der Waals surface area contributed by atoms with E-state index in [2.05, 4.69) is 10.6 Å². The second kappa shape index (κ2) is 8.06. The van der Waals surface area contributed by atoms with Gasteiger partial charge in [0.15, 0.2) is 0 Å². The highest BCUT2D eigenvalue weighted by Gasteiger charge is 2.35. The van der Waals surface area contributed by atoms with Gasteiger partial charge in [0.05, 0.1) is 13.2 Å². The maximum atomic E-state index is 11.7. The molecule has 1 saturated heterocycles. The summed E-state index contributed by atoms with van der Waals surface area (Å²) in [5.41, 5.74) is -0.427. The number of amides is 2. The first-order valence-corrected chi connectivity index (χ1v) is 6.86. The standard InChI is InChI=1S/C13H24N2O5/c1-10(4-3-5-11(16)17)15-12(18)14-8-13(19-2)6-7-20-9-13/h10H,3-9H2,1-2H3,(H,16,17)(H2,14,15,18). The van der Waals surface area contributed by atoms with Crippen molar-refractivity contribution in [3.05, 3.63) is 0 Å². The van der Waals surface area contributed by atoms with Gasteiger partial charge in [0.2, 0.25) is 0 Å². The third-order valence-electron chi connectivity index (χ3n) is 3.48. The number of carbonyl (C=O) groups excluding carboxylic acids is 1. The molecule has 1 aliphatic rings. The molecule has 0 aliphatic carbocycles. The lowest BCUT2D eigenvalue weighted by Gasteiger charge is -2.26. The minimum absolute atomic E-state index is 0.0623. The summed E-state index contributed by atoms with van der Waals surface area (Å²) in [4.78, 5) is 22.1. The van der Waals surface area contributed by atoms with Crippen LogP contribution in [0.4, 0.5) is 4.79 Å². The van der Waals surface area contributed by atoms with E-state index in [4.69, 9.17) is 14.6 Å². The minimum Gasteiger partial charge on any atom is -0.481 e. The van der Waals surface area contributed by atoms with Crippen LogP contribution in [-0.2, 0) is 14.3 Å². The largest absolute Gasteiger partial charge is 0.481 e. The summed E-state index contributed by atoms with van der Waals surface area (Å²) in [6.45, 7) is 3.38. The van der Waals surface area contributed by atoms with Crippen LogP contribution in [0.25, 0.3) is 0 Å². The first-order chi connectivity index (χ1) is 9.47. The van der Waals surface area contributed by atoms with E-state index in [-0.39, 0.29) is 18.5 Å². The average Bonchev–Trinajstić information content (AvgIpc) is 2.85. The summed E-state index contributed by atoms with van der Waals surface area (Å²) in [6, 6.07) is -0.330. The predicted octanol–water partition coefficient (Wildman–Crippen LogP) is 0.735. The molecule has 0 saturated carbocycles. The van der Waals surface area contributed by atoms with Gasteiger partial charge < -0.3 is 25.2 Å². The van der Waals surface area contributed by atoms with Crippen molar-refractivity contribution in [1.82, 2.24) is 10.6 Å². The normalized spacial score (nSPS) is 23.3. The number of hydrogen-bond acceptors (Lipinski definition) is 4. The molecule has 20 heavy (non-hydrogen) atoms. The van der Waals surface area contributed by atoms with Gasteiger partial charge in [-0.1, -0.05) is 0 Å². The zero-order valence-electron chi connectivity index (χ0n) is 12.1. The SMILES string of the molecule is COC1(CNC(=O)NC(C)CCCC(=O)O)CCOC1. The topological polar surface area (TPSA) is 96.9 Å². The van der Waals surface area contributed by atoms with E-state index in [9.17, 15) is 9.59 Å². The van der Waals surface area contributed by atoms with Crippen LogP contribution in [-0.4, -0.2) is 55.6 Å². The number of ether oxygens (including phenoxy) is 2. The molecule has 0 aromatic carbocycles. The fraction of sp³-hybridized carbons (Fsp3) is 0.846. The smallest absolute Gasteiger partial charge is 0.315 e. The molecule has 7 nitrogen and oxygen atoms in total. The minimum atomic E-state index is -0.815. The highest BCUT2D eigenvalue weighted by molar-refractivity contribution is 5.74. The molecule has 1 aliphatic heterocycles. The average molecular weight is 288 g/mol. The van der Waals surface area contributed by atoms with Crippen molar-refractivity contribution in [2.45, 2.75) is 44.2 Å². The zero-order chi connectivity index (χ0) is 15.0. The number of carboxylic acid groups (broad SMARTS) is 1. The molecule has 0 spiro atoms. The first kappa shape index (κ1) is 16.7. The summed E-state index contributed by atoms with van der Waals surface area (Å²) in [6.07, 6.45) is 2.07. The van der Waals surface area contributed by atoms with E-state index in [1.165, 1.54) is 0 Å². The summed E-state index contributed by atoms with van der Waals surface area (Å²) >= 11 is 0.